The van der Waals surface area contributed by atoms with Crippen LogP contribution < -0.4 is 16.0 Å². The van der Waals surface area contributed by atoms with Crippen molar-refractivity contribution < 1.29 is 9.59 Å². The molecular weight excluding hydrogens is 356 g/mol. The zero-order valence-electron chi connectivity index (χ0n) is 14.9. The van der Waals surface area contributed by atoms with E-state index in [1.807, 2.05) is 6.07 Å². The molecule has 2 amide bonds. The van der Waals surface area contributed by atoms with Gasteiger partial charge in [-0.05, 0) is 42.5 Å². The van der Waals surface area contributed by atoms with Gasteiger partial charge in [-0.3, -0.25) is 9.59 Å². The molecule has 28 heavy (non-hydrogen) atoms. The van der Waals surface area contributed by atoms with E-state index >= 15 is 0 Å². The Balaban J connectivity index is 1.65. The Kier molecular flexibility index (Phi) is 5.58. The molecule has 0 aliphatic rings. The molecule has 0 saturated carbocycles. The summed E-state index contributed by atoms with van der Waals surface area (Å²) in [6.45, 7) is 1.41. The number of nitrogens with one attached hydrogen (secondary N) is 3. The standard InChI is InChI=1S/C20H16N6O2/c1-13(27)24-16-3-2-4-17(9-16)26-20(28)18-11-23-19(12-22-18)25-15-7-5-14(10-21)6-8-15/h2-9,11-12H,1H3,(H,23,25)(H,24,27)(H,26,28). The van der Waals surface area contributed by atoms with Crippen LogP contribution >= 0.6 is 0 Å². The van der Waals surface area contributed by atoms with Crippen molar-refractivity contribution in [2.45, 2.75) is 6.92 Å². The number of hydrogen-bond acceptors (Lipinski definition) is 6. The first-order valence-corrected chi connectivity index (χ1v) is 8.32. The summed E-state index contributed by atoms with van der Waals surface area (Å²) in [5.74, 6) is -0.147. The molecule has 0 aliphatic carbocycles. The van der Waals surface area contributed by atoms with E-state index in [0.29, 0.717) is 22.8 Å². The first-order chi connectivity index (χ1) is 13.5. The third-order valence-corrected chi connectivity index (χ3v) is 3.61. The summed E-state index contributed by atoms with van der Waals surface area (Å²) in [4.78, 5) is 31.8. The Hall–Kier alpha value is -4.25. The average Bonchev–Trinajstić information content (AvgIpc) is 2.69. The van der Waals surface area contributed by atoms with Gasteiger partial charge < -0.3 is 16.0 Å². The number of aromatic nitrogens is 2. The van der Waals surface area contributed by atoms with Crippen LogP contribution in [-0.4, -0.2) is 21.8 Å². The molecule has 0 unspecified atom stereocenters. The van der Waals surface area contributed by atoms with E-state index in [1.165, 1.54) is 19.3 Å². The van der Waals surface area contributed by atoms with Crippen LogP contribution in [0, 0.1) is 11.3 Å². The molecular formula is C20H16N6O2. The summed E-state index contributed by atoms with van der Waals surface area (Å²) in [6, 6.07) is 15.7. The number of carbonyl (C=O) groups is 2. The third-order valence-electron chi connectivity index (χ3n) is 3.61. The summed E-state index contributed by atoms with van der Waals surface area (Å²) in [6.07, 6.45) is 2.81. The van der Waals surface area contributed by atoms with E-state index in [2.05, 4.69) is 25.9 Å². The van der Waals surface area contributed by atoms with Crippen molar-refractivity contribution in [3.8, 4) is 6.07 Å². The Labute approximate surface area is 161 Å². The first-order valence-electron chi connectivity index (χ1n) is 8.32. The third kappa shape index (κ3) is 4.89. The quantitative estimate of drug-likeness (QED) is 0.632. The van der Waals surface area contributed by atoms with Gasteiger partial charge in [-0.15, -0.1) is 0 Å². The van der Waals surface area contributed by atoms with Crippen LogP contribution in [0.5, 0.6) is 0 Å². The van der Waals surface area contributed by atoms with Crippen molar-refractivity contribution in [2.75, 3.05) is 16.0 Å². The van der Waals surface area contributed by atoms with Gasteiger partial charge in [-0.2, -0.15) is 5.26 Å². The number of anilines is 4. The van der Waals surface area contributed by atoms with Crippen LogP contribution in [0.1, 0.15) is 23.0 Å². The monoisotopic (exact) mass is 372 g/mol. The van der Waals surface area contributed by atoms with Crippen molar-refractivity contribution >= 4 is 34.7 Å². The van der Waals surface area contributed by atoms with Gasteiger partial charge in [0.15, 0.2) is 0 Å². The summed E-state index contributed by atoms with van der Waals surface area (Å²) < 4.78 is 0. The summed E-state index contributed by atoms with van der Waals surface area (Å²) in [5, 5.41) is 17.2. The molecule has 1 heterocycles. The van der Waals surface area contributed by atoms with Crippen LogP contribution in [0.15, 0.2) is 60.9 Å². The number of nitrogens with zero attached hydrogens (tertiary/aromatic N) is 3. The lowest BCUT2D eigenvalue weighted by Gasteiger charge is -2.08. The summed E-state index contributed by atoms with van der Waals surface area (Å²) in [7, 11) is 0. The normalized spacial score (nSPS) is 9.86. The molecule has 0 spiro atoms. The predicted molar refractivity (Wildman–Crippen MR) is 105 cm³/mol. The molecule has 1 aromatic heterocycles. The van der Waals surface area contributed by atoms with Gasteiger partial charge in [0, 0.05) is 24.0 Å². The van der Waals surface area contributed by atoms with Crippen LogP contribution in [-0.2, 0) is 4.79 Å². The maximum absolute atomic E-state index is 12.3. The van der Waals surface area contributed by atoms with Gasteiger partial charge in [-0.25, -0.2) is 9.97 Å². The number of rotatable bonds is 5. The van der Waals surface area contributed by atoms with Gasteiger partial charge in [0.1, 0.15) is 11.5 Å². The lowest BCUT2D eigenvalue weighted by Crippen LogP contribution is -2.14. The van der Waals surface area contributed by atoms with Crippen LogP contribution in [0.25, 0.3) is 0 Å². The van der Waals surface area contributed by atoms with Crippen molar-refractivity contribution in [3.05, 3.63) is 72.2 Å². The molecule has 138 valence electrons. The SMILES string of the molecule is CC(=O)Nc1cccc(NC(=O)c2cnc(Nc3ccc(C#N)cc3)cn2)c1. The molecule has 0 bridgehead atoms. The van der Waals surface area contributed by atoms with E-state index in [0.717, 1.165) is 5.69 Å². The summed E-state index contributed by atoms with van der Waals surface area (Å²) in [5.41, 5.74) is 2.57. The second-order valence-corrected chi connectivity index (χ2v) is 5.82. The van der Waals surface area contributed by atoms with Crippen LogP contribution in [0.2, 0.25) is 0 Å². The highest BCUT2D eigenvalue weighted by Gasteiger charge is 2.09. The van der Waals surface area contributed by atoms with Crippen molar-refractivity contribution in [2.24, 2.45) is 0 Å². The maximum atomic E-state index is 12.3. The van der Waals surface area contributed by atoms with E-state index in [1.54, 1.807) is 48.5 Å². The fraction of sp³-hybridized carbons (Fsp3) is 0.0500. The Bertz CT molecular complexity index is 1040. The van der Waals surface area contributed by atoms with Crippen molar-refractivity contribution in [3.63, 3.8) is 0 Å². The first kappa shape index (κ1) is 18.5. The largest absolute Gasteiger partial charge is 0.339 e. The molecule has 0 saturated heterocycles. The van der Waals surface area contributed by atoms with Crippen molar-refractivity contribution in [1.82, 2.24) is 9.97 Å². The highest BCUT2D eigenvalue weighted by molar-refractivity contribution is 6.03. The van der Waals surface area contributed by atoms with E-state index < -0.39 is 5.91 Å². The van der Waals surface area contributed by atoms with Crippen LogP contribution in [0.3, 0.4) is 0 Å². The number of nitriles is 1. The minimum Gasteiger partial charge on any atom is -0.339 e. The van der Waals surface area contributed by atoms with Crippen molar-refractivity contribution in [1.29, 1.82) is 5.26 Å². The van der Waals surface area contributed by atoms with E-state index in [-0.39, 0.29) is 11.6 Å². The Morgan fingerprint density at radius 1 is 0.929 bits per heavy atom. The van der Waals surface area contributed by atoms with Crippen LogP contribution in [0.4, 0.5) is 22.9 Å². The molecule has 8 nitrogen and oxygen atoms in total. The molecule has 0 atom stereocenters. The van der Waals surface area contributed by atoms with Gasteiger partial charge in [-0.1, -0.05) is 6.07 Å². The fourth-order valence-corrected chi connectivity index (χ4v) is 2.36. The zero-order chi connectivity index (χ0) is 19.9. The summed E-state index contributed by atoms with van der Waals surface area (Å²) >= 11 is 0. The molecule has 0 fully saturated rings. The molecule has 3 N–H and O–H groups in total. The average molecular weight is 372 g/mol. The zero-order valence-corrected chi connectivity index (χ0v) is 14.9. The molecule has 0 radical (unpaired) electrons. The number of amides is 2. The van der Waals surface area contributed by atoms with Gasteiger partial charge >= 0.3 is 0 Å². The molecule has 3 rings (SSSR count). The second kappa shape index (κ2) is 8.42. The number of benzene rings is 2. The molecule has 0 aliphatic heterocycles. The van der Waals surface area contributed by atoms with Gasteiger partial charge in [0.25, 0.3) is 5.91 Å². The smallest absolute Gasteiger partial charge is 0.275 e. The number of hydrogen-bond donors (Lipinski definition) is 3. The minimum absolute atomic E-state index is 0.148. The van der Waals surface area contributed by atoms with Gasteiger partial charge in [0.05, 0.1) is 24.0 Å². The topological polar surface area (TPSA) is 120 Å². The van der Waals surface area contributed by atoms with E-state index in [4.69, 9.17) is 5.26 Å². The second-order valence-electron chi connectivity index (χ2n) is 5.82. The maximum Gasteiger partial charge on any atom is 0.275 e. The number of carbonyl (C=O) groups excluding carboxylic acids is 2. The molecule has 2 aromatic carbocycles. The lowest BCUT2D eigenvalue weighted by molar-refractivity contribution is -0.114. The molecule has 3 aromatic rings. The predicted octanol–water partition coefficient (Wildman–Crippen LogP) is 3.30. The van der Waals surface area contributed by atoms with Gasteiger partial charge in [0.2, 0.25) is 5.91 Å². The minimum atomic E-state index is -0.419. The fourth-order valence-electron chi connectivity index (χ4n) is 2.36. The lowest BCUT2D eigenvalue weighted by atomic mass is 10.2. The van der Waals surface area contributed by atoms with E-state index in [9.17, 15) is 9.59 Å². The highest BCUT2D eigenvalue weighted by atomic mass is 16.2. The molecule has 8 heteroatoms. The highest BCUT2D eigenvalue weighted by Crippen LogP contribution is 2.17. The Morgan fingerprint density at radius 3 is 2.25 bits per heavy atom. The Morgan fingerprint density at radius 2 is 1.64 bits per heavy atom.